The summed E-state index contributed by atoms with van der Waals surface area (Å²) in [5.41, 5.74) is 0.274. The minimum Gasteiger partial charge on any atom is -0.309 e. The third-order valence-corrected chi connectivity index (χ3v) is 5.51. The van der Waals surface area contributed by atoms with Gasteiger partial charge in [-0.3, -0.25) is 4.90 Å². The van der Waals surface area contributed by atoms with Crippen molar-refractivity contribution in [2.75, 3.05) is 13.1 Å². The predicted molar refractivity (Wildman–Crippen MR) is 84.8 cm³/mol. The van der Waals surface area contributed by atoms with Crippen LogP contribution in [0.5, 0.6) is 0 Å². The molecule has 0 aliphatic carbocycles. The van der Waals surface area contributed by atoms with Gasteiger partial charge < -0.3 is 5.32 Å². The molecule has 0 aromatic carbocycles. The number of rotatable bonds is 5. The number of thiophene rings is 1. The topological polar surface area (TPSA) is 15.3 Å². The number of nitrogens with zero attached hydrogens (tertiary/aromatic N) is 1. The van der Waals surface area contributed by atoms with E-state index in [9.17, 15) is 0 Å². The first-order chi connectivity index (χ1) is 9.09. The van der Waals surface area contributed by atoms with Gasteiger partial charge in [0, 0.05) is 35.6 Å². The largest absolute Gasteiger partial charge is 0.309 e. The third kappa shape index (κ3) is 3.39. The van der Waals surface area contributed by atoms with Crippen molar-refractivity contribution in [3.8, 4) is 0 Å². The summed E-state index contributed by atoms with van der Waals surface area (Å²) < 4.78 is 0. The smallest absolute Gasteiger partial charge is 0.0445 e. The van der Waals surface area contributed by atoms with Crippen molar-refractivity contribution in [3.63, 3.8) is 0 Å². The molecule has 2 heterocycles. The lowest BCUT2D eigenvalue weighted by atomic mass is 9.91. The Kier molecular flexibility index (Phi) is 5.04. The van der Waals surface area contributed by atoms with E-state index in [1.807, 2.05) is 11.3 Å². The van der Waals surface area contributed by atoms with Crippen LogP contribution in [0.15, 0.2) is 17.5 Å². The van der Waals surface area contributed by atoms with Crippen LogP contribution < -0.4 is 5.32 Å². The lowest BCUT2D eigenvalue weighted by Crippen LogP contribution is -2.62. The van der Waals surface area contributed by atoms with Crippen LogP contribution in [0.1, 0.15) is 57.9 Å². The average Bonchev–Trinajstić information content (AvgIpc) is 2.93. The standard InChI is InChI=1S/C16H28N2S/c1-5-8-14(15-9-7-10-19-15)18-12-16(4,6-2)17-11-13(18)3/h7,9-10,13-14,17H,5-6,8,11-12H2,1-4H3. The van der Waals surface area contributed by atoms with E-state index in [1.165, 1.54) is 24.1 Å². The van der Waals surface area contributed by atoms with E-state index in [-0.39, 0.29) is 5.54 Å². The van der Waals surface area contributed by atoms with Crippen molar-refractivity contribution >= 4 is 11.3 Å². The summed E-state index contributed by atoms with van der Waals surface area (Å²) in [6, 6.07) is 5.73. The monoisotopic (exact) mass is 280 g/mol. The van der Waals surface area contributed by atoms with Crippen molar-refractivity contribution in [2.24, 2.45) is 0 Å². The fraction of sp³-hybridized carbons (Fsp3) is 0.750. The summed E-state index contributed by atoms with van der Waals surface area (Å²) in [5.74, 6) is 0. The second-order valence-electron chi connectivity index (χ2n) is 6.14. The molecule has 3 atom stereocenters. The minimum atomic E-state index is 0.274. The van der Waals surface area contributed by atoms with Gasteiger partial charge in [0.2, 0.25) is 0 Å². The van der Waals surface area contributed by atoms with Crippen molar-refractivity contribution in [1.29, 1.82) is 0 Å². The Balaban J connectivity index is 2.19. The maximum absolute atomic E-state index is 3.73. The Labute approximate surface area is 122 Å². The maximum atomic E-state index is 3.73. The summed E-state index contributed by atoms with van der Waals surface area (Å²) in [4.78, 5) is 4.27. The molecular weight excluding hydrogens is 252 g/mol. The molecule has 0 saturated carbocycles. The molecule has 0 amide bonds. The molecule has 1 aromatic heterocycles. The molecule has 1 aliphatic heterocycles. The Morgan fingerprint density at radius 3 is 2.89 bits per heavy atom. The summed E-state index contributed by atoms with van der Waals surface area (Å²) in [6.45, 7) is 11.6. The zero-order valence-electron chi connectivity index (χ0n) is 12.8. The minimum absolute atomic E-state index is 0.274. The van der Waals surface area contributed by atoms with Gasteiger partial charge in [-0.2, -0.15) is 0 Å². The Hall–Kier alpha value is -0.380. The third-order valence-electron chi connectivity index (χ3n) is 4.54. The van der Waals surface area contributed by atoms with Crippen LogP contribution in [-0.4, -0.2) is 29.6 Å². The van der Waals surface area contributed by atoms with Gasteiger partial charge in [-0.15, -0.1) is 11.3 Å². The molecule has 0 spiro atoms. The Morgan fingerprint density at radius 2 is 2.32 bits per heavy atom. The maximum Gasteiger partial charge on any atom is 0.0445 e. The van der Waals surface area contributed by atoms with E-state index < -0.39 is 0 Å². The molecule has 1 fully saturated rings. The fourth-order valence-electron chi connectivity index (χ4n) is 3.01. The van der Waals surface area contributed by atoms with Gasteiger partial charge in [0.15, 0.2) is 0 Å². The molecule has 1 aromatic rings. The van der Waals surface area contributed by atoms with E-state index in [1.54, 1.807) is 0 Å². The molecule has 1 aliphatic rings. The van der Waals surface area contributed by atoms with Crippen molar-refractivity contribution in [2.45, 2.75) is 64.6 Å². The molecule has 1 saturated heterocycles. The zero-order valence-corrected chi connectivity index (χ0v) is 13.6. The molecule has 3 heteroatoms. The van der Waals surface area contributed by atoms with Gasteiger partial charge >= 0.3 is 0 Å². The fourth-order valence-corrected chi connectivity index (χ4v) is 3.89. The Morgan fingerprint density at radius 1 is 1.53 bits per heavy atom. The second-order valence-corrected chi connectivity index (χ2v) is 7.12. The van der Waals surface area contributed by atoms with E-state index in [4.69, 9.17) is 0 Å². The van der Waals surface area contributed by atoms with Crippen LogP contribution in [0.4, 0.5) is 0 Å². The second kappa shape index (κ2) is 6.38. The molecule has 108 valence electrons. The van der Waals surface area contributed by atoms with Gasteiger partial charge in [0.25, 0.3) is 0 Å². The highest BCUT2D eigenvalue weighted by Crippen LogP contribution is 2.34. The van der Waals surface area contributed by atoms with Gasteiger partial charge in [-0.25, -0.2) is 0 Å². The van der Waals surface area contributed by atoms with Gasteiger partial charge in [0.05, 0.1) is 0 Å². The van der Waals surface area contributed by atoms with Crippen LogP contribution in [0, 0.1) is 0 Å². The van der Waals surface area contributed by atoms with Gasteiger partial charge in [-0.1, -0.05) is 26.3 Å². The summed E-state index contributed by atoms with van der Waals surface area (Å²) in [5, 5.41) is 5.94. The van der Waals surface area contributed by atoms with Crippen LogP contribution >= 0.6 is 11.3 Å². The molecule has 19 heavy (non-hydrogen) atoms. The number of hydrogen-bond donors (Lipinski definition) is 1. The molecular formula is C16H28N2S. The number of piperazine rings is 1. The molecule has 1 N–H and O–H groups in total. The van der Waals surface area contributed by atoms with Crippen LogP contribution in [0.3, 0.4) is 0 Å². The summed E-state index contributed by atoms with van der Waals surface area (Å²) in [6.07, 6.45) is 3.71. The summed E-state index contributed by atoms with van der Waals surface area (Å²) in [7, 11) is 0. The van der Waals surface area contributed by atoms with Crippen molar-refractivity contribution in [3.05, 3.63) is 22.4 Å². The molecule has 2 nitrogen and oxygen atoms in total. The molecule has 3 unspecified atom stereocenters. The first kappa shape index (κ1) is 15.0. The van der Waals surface area contributed by atoms with Gasteiger partial charge in [0.1, 0.15) is 0 Å². The first-order valence-electron chi connectivity index (χ1n) is 7.64. The van der Waals surface area contributed by atoms with Crippen LogP contribution in [-0.2, 0) is 0 Å². The normalized spacial score (nSPS) is 30.4. The van der Waals surface area contributed by atoms with Crippen molar-refractivity contribution in [1.82, 2.24) is 10.2 Å². The number of hydrogen-bond acceptors (Lipinski definition) is 3. The molecule has 2 rings (SSSR count). The molecule has 0 bridgehead atoms. The predicted octanol–water partition coefficient (Wildman–Crippen LogP) is 4.05. The van der Waals surface area contributed by atoms with E-state index in [0.717, 1.165) is 13.1 Å². The average molecular weight is 280 g/mol. The zero-order chi connectivity index (χ0) is 13.9. The van der Waals surface area contributed by atoms with Crippen LogP contribution in [0.2, 0.25) is 0 Å². The van der Waals surface area contributed by atoms with Crippen molar-refractivity contribution < 1.29 is 0 Å². The highest BCUT2D eigenvalue weighted by Gasteiger charge is 2.36. The van der Waals surface area contributed by atoms with E-state index in [2.05, 4.69) is 55.4 Å². The first-order valence-corrected chi connectivity index (χ1v) is 8.51. The van der Waals surface area contributed by atoms with Gasteiger partial charge in [-0.05, 0) is 38.1 Å². The summed E-state index contributed by atoms with van der Waals surface area (Å²) >= 11 is 1.91. The number of nitrogens with one attached hydrogen (secondary N) is 1. The molecule has 0 radical (unpaired) electrons. The van der Waals surface area contributed by atoms with E-state index in [0.29, 0.717) is 12.1 Å². The van der Waals surface area contributed by atoms with Crippen LogP contribution in [0.25, 0.3) is 0 Å². The highest BCUT2D eigenvalue weighted by atomic mass is 32.1. The highest BCUT2D eigenvalue weighted by molar-refractivity contribution is 7.10. The lowest BCUT2D eigenvalue weighted by molar-refractivity contribution is 0.0504. The lowest BCUT2D eigenvalue weighted by Gasteiger charge is -2.48. The Bertz CT molecular complexity index is 376. The SMILES string of the molecule is CCCC(c1cccs1)N1CC(C)(CC)NCC1C. The van der Waals surface area contributed by atoms with E-state index >= 15 is 0 Å². The quantitative estimate of drug-likeness (QED) is 0.875.